The molecule has 0 aromatic carbocycles. The first-order chi connectivity index (χ1) is 5.06. The van der Waals surface area contributed by atoms with Gasteiger partial charge >= 0.3 is 0 Å². The molecule has 1 nitrogen and oxygen atoms in total. The first-order valence-electron chi connectivity index (χ1n) is 4.40. The summed E-state index contributed by atoms with van der Waals surface area (Å²) < 4.78 is 5.82. The van der Waals surface area contributed by atoms with E-state index in [1.165, 1.54) is 6.42 Å². The van der Waals surface area contributed by atoms with Crippen molar-refractivity contribution < 1.29 is 4.74 Å². The number of hydrogen-bond donors (Lipinski definition) is 0. The Balaban J connectivity index is 2.37. The molecular formula is C10H16O. The summed E-state index contributed by atoms with van der Waals surface area (Å²) in [5.41, 5.74) is 0.321. The van der Waals surface area contributed by atoms with Crippen LogP contribution in [-0.2, 0) is 4.74 Å². The Labute approximate surface area is 68.4 Å². The van der Waals surface area contributed by atoms with E-state index in [1.807, 2.05) is 0 Å². The first-order valence-corrected chi connectivity index (χ1v) is 4.40. The molecule has 1 saturated heterocycles. The molecule has 2 aliphatic rings. The van der Waals surface area contributed by atoms with Crippen molar-refractivity contribution >= 4 is 0 Å². The van der Waals surface area contributed by atoms with Crippen LogP contribution in [0.25, 0.3) is 0 Å². The highest BCUT2D eigenvalue weighted by molar-refractivity contribution is 5.21. The lowest BCUT2D eigenvalue weighted by Crippen LogP contribution is -2.41. The molecule has 0 spiro atoms. The van der Waals surface area contributed by atoms with Crippen LogP contribution in [0.2, 0.25) is 0 Å². The molecule has 62 valence electrons. The van der Waals surface area contributed by atoms with E-state index in [1.54, 1.807) is 0 Å². The number of ether oxygens (including phenoxy) is 1. The lowest BCUT2D eigenvalue weighted by Gasteiger charge is -2.37. The van der Waals surface area contributed by atoms with Crippen LogP contribution in [0.5, 0.6) is 0 Å². The fraction of sp³-hybridized carbons (Fsp3) is 0.800. The molecule has 2 unspecified atom stereocenters. The fourth-order valence-electron chi connectivity index (χ4n) is 2.25. The molecule has 2 atom stereocenters. The summed E-state index contributed by atoms with van der Waals surface area (Å²) in [6.45, 7) is 7.70. The Bertz CT molecular complexity index is 205. The van der Waals surface area contributed by atoms with Crippen LogP contribution < -0.4 is 0 Å². The topological polar surface area (TPSA) is 9.23 Å². The summed E-state index contributed by atoms with van der Waals surface area (Å²) in [5.74, 6) is 0.664. The molecule has 0 aromatic rings. The maximum Gasteiger partial charge on any atom is 0.0802 e. The SMILES string of the molecule is CC1(C)C=CC2CCOC21C. The Morgan fingerprint density at radius 3 is 2.73 bits per heavy atom. The van der Waals surface area contributed by atoms with Gasteiger partial charge in [0.15, 0.2) is 0 Å². The Morgan fingerprint density at radius 1 is 1.36 bits per heavy atom. The van der Waals surface area contributed by atoms with E-state index in [0.29, 0.717) is 5.92 Å². The second kappa shape index (κ2) is 1.89. The van der Waals surface area contributed by atoms with Crippen molar-refractivity contribution in [3.8, 4) is 0 Å². The maximum absolute atomic E-state index is 5.82. The van der Waals surface area contributed by atoms with Crippen LogP contribution in [0.15, 0.2) is 12.2 Å². The monoisotopic (exact) mass is 152 g/mol. The zero-order valence-electron chi connectivity index (χ0n) is 7.55. The Hall–Kier alpha value is -0.300. The van der Waals surface area contributed by atoms with Gasteiger partial charge in [0.05, 0.1) is 5.60 Å². The zero-order valence-corrected chi connectivity index (χ0v) is 7.55. The van der Waals surface area contributed by atoms with Gasteiger partial charge in [-0.05, 0) is 13.3 Å². The molecule has 1 heterocycles. The van der Waals surface area contributed by atoms with Crippen LogP contribution in [0.1, 0.15) is 27.2 Å². The molecular weight excluding hydrogens is 136 g/mol. The highest BCUT2D eigenvalue weighted by Crippen LogP contribution is 2.51. The van der Waals surface area contributed by atoms with Gasteiger partial charge in [-0.3, -0.25) is 0 Å². The van der Waals surface area contributed by atoms with Gasteiger partial charge in [0.2, 0.25) is 0 Å². The van der Waals surface area contributed by atoms with Crippen molar-refractivity contribution in [1.29, 1.82) is 0 Å². The third-order valence-corrected chi connectivity index (χ3v) is 3.56. The molecule has 1 fully saturated rings. The average molecular weight is 152 g/mol. The number of hydrogen-bond acceptors (Lipinski definition) is 1. The molecule has 1 heteroatoms. The van der Waals surface area contributed by atoms with Crippen LogP contribution in [0.3, 0.4) is 0 Å². The standard InChI is InChI=1S/C10H16O/c1-9(2)6-4-8-5-7-11-10(8,9)3/h4,6,8H,5,7H2,1-3H3. The smallest absolute Gasteiger partial charge is 0.0802 e. The van der Waals surface area contributed by atoms with Crippen molar-refractivity contribution in [1.82, 2.24) is 0 Å². The van der Waals surface area contributed by atoms with Crippen molar-refractivity contribution in [2.24, 2.45) is 11.3 Å². The second-order valence-corrected chi connectivity index (χ2v) is 4.43. The molecule has 0 bridgehead atoms. The quantitative estimate of drug-likeness (QED) is 0.484. The molecule has 1 aliphatic carbocycles. The highest BCUT2D eigenvalue weighted by atomic mass is 16.5. The van der Waals surface area contributed by atoms with Gasteiger partial charge in [-0.15, -0.1) is 0 Å². The van der Waals surface area contributed by atoms with Gasteiger partial charge in [-0.1, -0.05) is 26.0 Å². The normalized spacial score (nSPS) is 46.3. The van der Waals surface area contributed by atoms with E-state index < -0.39 is 0 Å². The van der Waals surface area contributed by atoms with E-state index in [9.17, 15) is 0 Å². The van der Waals surface area contributed by atoms with E-state index in [0.717, 1.165) is 6.61 Å². The van der Waals surface area contributed by atoms with Crippen molar-refractivity contribution in [3.05, 3.63) is 12.2 Å². The first kappa shape index (κ1) is 7.35. The predicted octanol–water partition coefficient (Wildman–Crippen LogP) is 2.38. The summed E-state index contributed by atoms with van der Waals surface area (Å²) >= 11 is 0. The number of fused-ring (bicyclic) bond motifs is 1. The van der Waals surface area contributed by atoms with Gasteiger partial charge < -0.3 is 4.74 Å². The summed E-state index contributed by atoms with van der Waals surface area (Å²) in [6, 6.07) is 0. The fourth-order valence-corrected chi connectivity index (χ4v) is 2.25. The Kier molecular flexibility index (Phi) is 1.26. The van der Waals surface area contributed by atoms with Gasteiger partial charge in [-0.25, -0.2) is 0 Å². The van der Waals surface area contributed by atoms with E-state index >= 15 is 0 Å². The largest absolute Gasteiger partial charge is 0.374 e. The number of rotatable bonds is 0. The molecule has 1 aliphatic heterocycles. The van der Waals surface area contributed by atoms with Gasteiger partial charge in [0, 0.05) is 17.9 Å². The summed E-state index contributed by atoms with van der Waals surface area (Å²) in [4.78, 5) is 0. The lowest BCUT2D eigenvalue weighted by atomic mass is 9.75. The van der Waals surface area contributed by atoms with E-state index in [2.05, 4.69) is 32.9 Å². The van der Waals surface area contributed by atoms with Crippen molar-refractivity contribution in [2.75, 3.05) is 6.61 Å². The summed E-state index contributed by atoms with van der Waals surface area (Å²) in [6.07, 6.45) is 5.83. The zero-order chi connectivity index (χ0) is 8.11. The van der Waals surface area contributed by atoms with Crippen LogP contribution in [0.4, 0.5) is 0 Å². The molecule has 2 rings (SSSR count). The molecule has 0 amide bonds. The van der Waals surface area contributed by atoms with Gasteiger partial charge in [-0.2, -0.15) is 0 Å². The van der Waals surface area contributed by atoms with Crippen LogP contribution in [-0.4, -0.2) is 12.2 Å². The van der Waals surface area contributed by atoms with Crippen LogP contribution >= 0.6 is 0 Å². The summed E-state index contributed by atoms with van der Waals surface area (Å²) in [7, 11) is 0. The van der Waals surface area contributed by atoms with Crippen LogP contribution in [0, 0.1) is 11.3 Å². The average Bonchev–Trinajstić information content (AvgIpc) is 2.36. The van der Waals surface area contributed by atoms with Crippen molar-refractivity contribution in [2.45, 2.75) is 32.8 Å². The molecule has 11 heavy (non-hydrogen) atoms. The predicted molar refractivity (Wildman–Crippen MR) is 45.4 cm³/mol. The van der Waals surface area contributed by atoms with Gasteiger partial charge in [0.1, 0.15) is 0 Å². The lowest BCUT2D eigenvalue weighted by molar-refractivity contribution is -0.0558. The third kappa shape index (κ3) is 0.750. The summed E-state index contributed by atoms with van der Waals surface area (Å²) in [5, 5.41) is 0. The highest BCUT2D eigenvalue weighted by Gasteiger charge is 2.52. The second-order valence-electron chi connectivity index (χ2n) is 4.43. The Morgan fingerprint density at radius 2 is 2.09 bits per heavy atom. The molecule has 0 radical (unpaired) electrons. The minimum atomic E-state index is 0.0903. The molecule has 0 aromatic heterocycles. The maximum atomic E-state index is 5.82. The van der Waals surface area contributed by atoms with Crippen molar-refractivity contribution in [3.63, 3.8) is 0 Å². The van der Waals surface area contributed by atoms with Gasteiger partial charge in [0.25, 0.3) is 0 Å². The minimum Gasteiger partial charge on any atom is -0.374 e. The molecule has 0 saturated carbocycles. The minimum absolute atomic E-state index is 0.0903. The van der Waals surface area contributed by atoms with E-state index in [4.69, 9.17) is 4.74 Å². The van der Waals surface area contributed by atoms with E-state index in [-0.39, 0.29) is 11.0 Å². The molecule has 0 N–H and O–H groups in total. The third-order valence-electron chi connectivity index (χ3n) is 3.56.